The molecule has 1 aromatic heterocycles. The third-order valence-corrected chi connectivity index (χ3v) is 5.01. The zero-order valence-corrected chi connectivity index (χ0v) is 17.4. The van der Waals surface area contributed by atoms with Crippen molar-refractivity contribution in [3.63, 3.8) is 0 Å². The topological polar surface area (TPSA) is 74.6 Å². The number of hydrogen-bond donors (Lipinski definition) is 2. The molecule has 0 atom stereocenters. The minimum absolute atomic E-state index is 0.190. The van der Waals surface area contributed by atoms with E-state index >= 15 is 0 Å². The fourth-order valence-electron chi connectivity index (χ4n) is 3.22. The van der Waals surface area contributed by atoms with Gasteiger partial charge in [-0.1, -0.05) is 50.2 Å². The Bertz CT molecular complexity index is 979. The molecule has 6 nitrogen and oxygen atoms in total. The molecular formula is C24H27N3O3. The van der Waals surface area contributed by atoms with Crippen molar-refractivity contribution in [1.29, 1.82) is 0 Å². The third kappa shape index (κ3) is 5.36. The summed E-state index contributed by atoms with van der Waals surface area (Å²) in [5.74, 6) is -0.455. The van der Waals surface area contributed by atoms with E-state index < -0.39 is 5.91 Å². The smallest absolute Gasteiger partial charge is 0.291 e. The Morgan fingerprint density at radius 2 is 1.57 bits per heavy atom. The number of furan rings is 1. The fraction of sp³-hybridized carbons (Fsp3) is 0.250. The molecule has 0 bridgehead atoms. The zero-order chi connectivity index (χ0) is 21.3. The number of hydrogen-bond acceptors (Lipinski definition) is 4. The van der Waals surface area contributed by atoms with Gasteiger partial charge >= 0.3 is 0 Å². The first-order valence-electron chi connectivity index (χ1n) is 10.1. The van der Waals surface area contributed by atoms with Crippen molar-refractivity contribution in [3.8, 4) is 0 Å². The molecule has 0 fully saturated rings. The van der Waals surface area contributed by atoms with E-state index in [1.54, 1.807) is 36.4 Å². The van der Waals surface area contributed by atoms with Crippen molar-refractivity contribution in [2.45, 2.75) is 26.9 Å². The van der Waals surface area contributed by atoms with Gasteiger partial charge in [0, 0.05) is 13.1 Å². The maximum Gasteiger partial charge on any atom is 0.291 e. The van der Waals surface area contributed by atoms with Crippen LogP contribution in [0.4, 0.5) is 5.69 Å². The lowest BCUT2D eigenvalue weighted by atomic mass is 10.1. The normalized spacial score (nSPS) is 10.8. The van der Waals surface area contributed by atoms with E-state index in [1.165, 1.54) is 11.8 Å². The van der Waals surface area contributed by atoms with E-state index in [-0.39, 0.29) is 11.7 Å². The number of rotatable bonds is 9. The van der Waals surface area contributed by atoms with Gasteiger partial charge in [-0.25, -0.2) is 0 Å². The largest absolute Gasteiger partial charge is 0.459 e. The first kappa shape index (κ1) is 21.3. The summed E-state index contributed by atoms with van der Waals surface area (Å²) in [6.45, 7) is 7.48. The third-order valence-electron chi connectivity index (χ3n) is 5.01. The molecule has 0 aliphatic rings. The van der Waals surface area contributed by atoms with Gasteiger partial charge in [0.25, 0.3) is 11.8 Å². The average molecular weight is 405 g/mol. The second kappa shape index (κ2) is 10.4. The Morgan fingerprint density at radius 3 is 2.27 bits per heavy atom. The van der Waals surface area contributed by atoms with Gasteiger partial charge in [0.15, 0.2) is 5.76 Å². The highest BCUT2D eigenvalue weighted by Crippen LogP contribution is 2.17. The minimum Gasteiger partial charge on any atom is -0.459 e. The molecule has 0 spiro atoms. The van der Waals surface area contributed by atoms with Crippen LogP contribution in [-0.4, -0.2) is 29.8 Å². The summed E-state index contributed by atoms with van der Waals surface area (Å²) in [7, 11) is 0. The first-order valence-corrected chi connectivity index (χ1v) is 10.1. The number of carbonyl (C=O) groups is 2. The van der Waals surface area contributed by atoms with Crippen LogP contribution in [0.5, 0.6) is 0 Å². The number of benzene rings is 2. The second-order valence-corrected chi connectivity index (χ2v) is 6.89. The molecule has 2 N–H and O–H groups in total. The van der Waals surface area contributed by atoms with Crippen molar-refractivity contribution in [3.05, 3.63) is 89.4 Å². The highest BCUT2D eigenvalue weighted by atomic mass is 16.3. The summed E-state index contributed by atoms with van der Waals surface area (Å²) in [5.41, 5.74) is 3.11. The summed E-state index contributed by atoms with van der Waals surface area (Å²) in [5, 5.41) is 5.73. The Hall–Kier alpha value is -3.38. The number of amides is 2. The number of carbonyl (C=O) groups excluding carboxylic acids is 2. The lowest BCUT2D eigenvalue weighted by molar-refractivity contribution is 0.0951. The van der Waals surface area contributed by atoms with Crippen LogP contribution in [0.25, 0.3) is 0 Å². The lowest BCUT2D eigenvalue weighted by Gasteiger charge is -2.20. The zero-order valence-electron chi connectivity index (χ0n) is 17.4. The van der Waals surface area contributed by atoms with Crippen LogP contribution in [0.2, 0.25) is 0 Å². The van der Waals surface area contributed by atoms with Crippen molar-refractivity contribution in [2.24, 2.45) is 0 Å². The molecule has 0 aliphatic heterocycles. The van der Waals surface area contributed by atoms with Gasteiger partial charge < -0.3 is 15.1 Å². The van der Waals surface area contributed by atoms with Gasteiger partial charge in [-0.05, 0) is 48.5 Å². The van der Waals surface area contributed by atoms with Crippen molar-refractivity contribution >= 4 is 17.5 Å². The van der Waals surface area contributed by atoms with Gasteiger partial charge in [0.1, 0.15) is 0 Å². The van der Waals surface area contributed by atoms with E-state index in [0.717, 1.165) is 25.2 Å². The van der Waals surface area contributed by atoms with Crippen molar-refractivity contribution < 1.29 is 14.0 Å². The van der Waals surface area contributed by atoms with Gasteiger partial charge in [-0.15, -0.1) is 0 Å². The SMILES string of the molecule is CCN(CC)Cc1ccccc1CNC(=O)c1ccccc1NC(=O)c1ccco1. The van der Waals surface area contributed by atoms with Gasteiger partial charge in [0.05, 0.1) is 17.5 Å². The molecule has 3 rings (SSSR count). The van der Waals surface area contributed by atoms with E-state index in [9.17, 15) is 9.59 Å². The quantitative estimate of drug-likeness (QED) is 0.556. The molecule has 2 amide bonds. The molecule has 156 valence electrons. The standard InChI is InChI=1S/C24H27N3O3/c1-3-27(4-2)17-19-11-6-5-10-18(19)16-25-23(28)20-12-7-8-13-21(20)26-24(29)22-14-9-15-30-22/h5-15H,3-4,16-17H2,1-2H3,(H,25,28)(H,26,29). The van der Waals surface area contributed by atoms with Gasteiger partial charge in [-0.2, -0.15) is 0 Å². The Morgan fingerprint density at radius 1 is 0.867 bits per heavy atom. The molecule has 0 aliphatic carbocycles. The highest BCUT2D eigenvalue weighted by Gasteiger charge is 2.16. The van der Waals surface area contributed by atoms with Crippen LogP contribution < -0.4 is 10.6 Å². The highest BCUT2D eigenvalue weighted by molar-refractivity contribution is 6.07. The molecule has 2 aromatic carbocycles. The molecule has 6 heteroatoms. The van der Waals surface area contributed by atoms with Crippen LogP contribution in [0, 0.1) is 0 Å². The summed E-state index contributed by atoms with van der Waals surface area (Å²) >= 11 is 0. The first-order chi connectivity index (χ1) is 14.6. The van der Waals surface area contributed by atoms with Gasteiger partial charge in [0.2, 0.25) is 0 Å². The molecule has 3 aromatic rings. The van der Waals surface area contributed by atoms with Crippen molar-refractivity contribution in [2.75, 3.05) is 18.4 Å². The summed E-state index contributed by atoms with van der Waals surface area (Å²) < 4.78 is 5.12. The number of anilines is 1. The summed E-state index contributed by atoms with van der Waals surface area (Å²) in [4.78, 5) is 27.5. The van der Waals surface area contributed by atoms with Crippen LogP contribution in [-0.2, 0) is 13.1 Å². The minimum atomic E-state index is -0.398. The molecule has 0 unspecified atom stereocenters. The molecular weight excluding hydrogens is 378 g/mol. The molecule has 0 saturated heterocycles. The van der Waals surface area contributed by atoms with Crippen LogP contribution in [0.3, 0.4) is 0 Å². The second-order valence-electron chi connectivity index (χ2n) is 6.89. The Labute approximate surface area is 176 Å². The maximum absolute atomic E-state index is 12.9. The molecule has 0 saturated carbocycles. The Kier molecular flexibility index (Phi) is 7.40. The fourth-order valence-corrected chi connectivity index (χ4v) is 3.22. The molecule has 1 heterocycles. The van der Waals surface area contributed by atoms with E-state index in [4.69, 9.17) is 4.42 Å². The lowest BCUT2D eigenvalue weighted by Crippen LogP contribution is -2.27. The molecule has 30 heavy (non-hydrogen) atoms. The Balaban J connectivity index is 1.70. The number of nitrogens with zero attached hydrogens (tertiary/aromatic N) is 1. The maximum atomic E-state index is 12.9. The van der Waals surface area contributed by atoms with Crippen LogP contribution >= 0.6 is 0 Å². The van der Waals surface area contributed by atoms with Crippen LogP contribution in [0.15, 0.2) is 71.3 Å². The number of nitrogens with one attached hydrogen (secondary N) is 2. The average Bonchev–Trinajstić information content (AvgIpc) is 3.32. The monoisotopic (exact) mass is 405 g/mol. The summed E-state index contributed by atoms with van der Waals surface area (Å²) in [6.07, 6.45) is 1.43. The number of para-hydroxylation sites is 1. The van der Waals surface area contributed by atoms with Crippen LogP contribution in [0.1, 0.15) is 45.9 Å². The van der Waals surface area contributed by atoms with E-state index in [2.05, 4.69) is 35.4 Å². The predicted molar refractivity (Wildman–Crippen MR) is 117 cm³/mol. The summed E-state index contributed by atoms with van der Waals surface area (Å²) in [6, 6.07) is 18.3. The predicted octanol–water partition coefficient (Wildman–Crippen LogP) is 4.30. The van der Waals surface area contributed by atoms with E-state index in [0.29, 0.717) is 17.8 Å². The van der Waals surface area contributed by atoms with E-state index in [1.807, 2.05) is 18.2 Å². The van der Waals surface area contributed by atoms with Gasteiger partial charge in [-0.3, -0.25) is 14.5 Å². The van der Waals surface area contributed by atoms with Crippen molar-refractivity contribution in [1.82, 2.24) is 10.2 Å². The molecule has 0 radical (unpaired) electrons.